The highest BCUT2D eigenvalue weighted by molar-refractivity contribution is 5.98. The minimum Gasteiger partial charge on any atom is -0.507 e. The molecule has 0 amide bonds. The molecule has 24 heavy (non-hydrogen) atoms. The van der Waals surface area contributed by atoms with E-state index in [1.807, 2.05) is 6.92 Å². The predicted octanol–water partition coefficient (Wildman–Crippen LogP) is 3.94. The van der Waals surface area contributed by atoms with Gasteiger partial charge >= 0.3 is 5.97 Å². The number of ether oxygens (including phenoxy) is 1. The van der Waals surface area contributed by atoms with E-state index in [1.54, 1.807) is 18.2 Å². The van der Waals surface area contributed by atoms with Gasteiger partial charge in [-0.15, -0.1) is 0 Å². The largest absolute Gasteiger partial charge is 0.507 e. The Morgan fingerprint density at radius 2 is 1.96 bits per heavy atom. The quantitative estimate of drug-likeness (QED) is 0.709. The first-order chi connectivity index (χ1) is 11.4. The second-order valence-corrected chi connectivity index (χ2v) is 5.95. The highest BCUT2D eigenvalue weighted by Gasteiger charge is 2.26. The summed E-state index contributed by atoms with van der Waals surface area (Å²) in [5.74, 6) is -0.0633. The van der Waals surface area contributed by atoms with E-state index in [4.69, 9.17) is 9.84 Å². The fourth-order valence-electron chi connectivity index (χ4n) is 3.05. The van der Waals surface area contributed by atoms with Gasteiger partial charge in [0.25, 0.3) is 0 Å². The fraction of sp³-hybridized carbons (Fsp3) is 0.263. The molecule has 124 valence electrons. The molecule has 1 aliphatic rings. The third-order valence-electron chi connectivity index (χ3n) is 4.20. The number of carboxylic acid groups (broad SMARTS) is 1. The summed E-state index contributed by atoms with van der Waals surface area (Å²) >= 11 is 0. The Bertz CT molecular complexity index is 851. The summed E-state index contributed by atoms with van der Waals surface area (Å²) in [6, 6.07) is 6.35. The van der Waals surface area contributed by atoms with Crippen molar-refractivity contribution in [3.05, 3.63) is 52.1 Å². The van der Waals surface area contributed by atoms with Crippen LogP contribution in [0.1, 0.15) is 57.7 Å². The Labute approximate surface area is 139 Å². The molecule has 0 bridgehead atoms. The van der Waals surface area contributed by atoms with Gasteiger partial charge in [-0.25, -0.2) is 4.79 Å². The molecular weight excluding hydrogens is 308 g/mol. The fourth-order valence-corrected chi connectivity index (χ4v) is 3.05. The standard InChI is InChI=1S/C19H18O5/c1-3-4-14-17(21)15(10(2)20)9-13-8-12-7-11(19(22)23)5-6-16(12)24-18(13)14/h5-7,9,21H,3-4,8H2,1-2H3,(H,22,23). The number of hydrogen-bond donors (Lipinski definition) is 2. The van der Waals surface area contributed by atoms with Gasteiger partial charge in [0, 0.05) is 23.1 Å². The van der Waals surface area contributed by atoms with E-state index in [0.717, 1.165) is 17.5 Å². The SMILES string of the molecule is CCCc1c(O)c(C(C)=O)cc2c1Oc1ccc(C(=O)O)cc1C2. The molecule has 5 nitrogen and oxygen atoms in total. The molecule has 1 aliphatic heterocycles. The summed E-state index contributed by atoms with van der Waals surface area (Å²) in [6.45, 7) is 3.40. The van der Waals surface area contributed by atoms with Crippen molar-refractivity contribution in [3.8, 4) is 17.2 Å². The number of phenolic OH excluding ortho intramolecular Hbond substituents is 1. The van der Waals surface area contributed by atoms with Crippen molar-refractivity contribution in [2.45, 2.75) is 33.1 Å². The van der Waals surface area contributed by atoms with Gasteiger partial charge in [0.15, 0.2) is 5.78 Å². The summed E-state index contributed by atoms with van der Waals surface area (Å²) in [6.07, 6.45) is 1.86. The molecule has 0 spiro atoms. The molecule has 0 aliphatic carbocycles. The molecule has 0 atom stereocenters. The summed E-state index contributed by atoms with van der Waals surface area (Å²) in [5.41, 5.74) is 2.65. The average molecular weight is 326 g/mol. The number of Topliss-reactive ketones (excluding diaryl/α,β-unsaturated/α-hetero) is 1. The van der Waals surface area contributed by atoms with Crippen LogP contribution in [0.15, 0.2) is 24.3 Å². The maximum absolute atomic E-state index is 11.8. The van der Waals surface area contributed by atoms with E-state index in [0.29, 0.717) is 29.9 Å². The van der Waals surface area contributed by atoms with Crippen LogP contribution in [0.25, 0.3) is 0 Å². The van der Waals surface area contributed by atoms with Gasteiger partial charge in [0.1, 0.15) is 17.2 Å². The summed E-state index contributed by atoms with van der Waals surface area (Å²) in [5, 5.41) is 19.6. The molecule has 0 fully saturated rings. The van der Waals surface area contributed by atoms with Crippen LogP contribution in [-0.4, -0.2) is 22.0 Å². The Hall–Kier alpha value is -2.82. The highest BCUT2D eigenvalue weighted by atomic mass is 16.5. The summed E-state index contributed by atoms with van der Waals surface area (Å²) in [7, 11) is 0. The lowest BCUT2D eigenvalue weighted by atomic mass is 9.91. The second kappa shape index (κ2) is 6.00. The lowest BCUT2D eigenvalue weighted by Gasteiger charge is -2.24. The molecule has 2 N–H and O–H groups in total. The van der Waals surface area contributed by atoms with Crippen LogP contribution in [0.5, 0.6) is 17.2 Å². The van der Waals surface area contributed by atoms with Gasteiger partial charge in [-0.05, 0) is 37.6 Å². The molecule has 3 rings (SSSR count). The van der Waals surface area contributed by atoms with Gasteiger partial charge < -0.3 is 14.9 Å². The monoisotopic (exact) mass is 326 g/mol. The van der Waals surface area contributed by atoms with Crippen LogP contribution >= 0.6 is 0 Å². The van der Waals surface area contributed by atoms with Crippen LogP contribution in [0, 0.1) is 0 Å². The number of aromatic carboxylic acids is 1. The minimum absolute atomic E-state index is 0.0197. The normalized spacial score (nSPS) is 12.1. The maximum Gasteiger partial charge on any atom is 0.335 e. The van der Waals surface area contributed by atoms with Crippen molar-refractivity contribution in [2.24, 2.45) is 0 Å². The Balaban J connectivity index is 2.14. The Morgan fingerprint density at radius 1 is 1.21 bits per heavy atom. The number of benzene rings is 2. The van der Waals surface area contributed by atoms with Gasteiger partial charge in [-0.3, -0.25) is 4.79 Å². The molecule has 0 radical (unpaired) electrons. The first kappa shape index (κ1) is 16.1. The van der Waals surface area contributed by atoms with Crippen LogP contribution in [0.4, 0.5) is 0 Å². The van der Waals surface area contributed by atoms with Crippen LogP contribution in [-0.2, 0) is 12.8 Å². The van der Waals surface area contributed by atoms with Crippen LogP contribution in [0.2, 0.25) is 0 Å². The number of carbonyl (C=O) groups excluding carboxylic acids is 1. The van der Waals surface area contributed by atoms with Gasteiger partial charge in [-0.2, -0.15) is 0 Å². The number of fused-ring (bicyclic) bond motifs is 2. The van der Waals surface area contributed by atoms with Crippen molar-refractivity contribution in [1.82, 2.24) is 0 Å². The van der Waals surface area contributed by atoms with Crippen molar-refractivity contribution < 1.29 is 24.5 Å². The van der Waals surface area contributed by atoms with E-state index >= 15 is 0 Å². The number of ketones is 1. The number of carboxylic acids is 1. The van der Waals surface area contributed by atoms with Crippen molar-refractivity contribution >= 4 is 11.8 Å². The zero-order chi connectivity index (χ0) is 17.4. The Kier molecular flexibility index (Phi) is 4.01. The van der Waals surface area contributed by atoms with Crippen LogP contribution < -0.4 is 4.74 Å². The van der Waals surface area contributed by atoms with Gasteiger partial charge in [0.2, 0.25) is 0 Å². The summed E-state index contributed by atoms with van der Waals surface area (Å²) < 4.78 is 5.95. The topological polar surface area (TPSA) is 83.8 Å². The lowest BCUT2D eigenvalue weighted by Crippen LogP contribution is -2.10. The van der Waals surface area contributed by atoms with Gasteiger partial charge in [-0.1, -0.05) is 13.3 Å². The zero-order valence-electron chi connectivity index (χ0n) is 13.5. The van der Waals surface area contributed by atoms with Crippen molar-refractivity contribution in [2.75, 3.05) is 0 Å². The second-order valence-electron chi connectivity index (χ2n) is 5.95. The summed E-state index contributed by atoms with van der Waals surface area (Å²) in [4.78, 5) is 23.0. The van der Waals surface area contributed by atoms with E-state index < -0.39 is 5.97 Å². The number of phenols is 1. The van der Waals surface area contributed by atoms with E-state index in [1.165, 1.54) is 13.0 Å². The number of aromatic hydroxyl groups is 1. The predicted molar refractivity (Wildman–Crippen MR) is 88.4 cm³/mol. The van der Waals surface area contributed by atoms with E-state index in [2.05, 4.69) is 0 Å². The molecule has 1 heterocycles. The first-order valence-corrected chi connectivity index (χ1v) is 7.85. The zero-order valence-corrected chi connectivity index (χ0v) is 13.5. The molecular formula is C19H18O5. The first-order valence-electron chi connectivity index (χ1n) is 7.85. The van der Waals surface area contributed by atoms with E-state index in [-0.39, 0.29) is 22.7 Å². The molecule has 2 aromatic rings. The third kappa shape index (κ3) is 2.62. The molecule has 0 saturated heterocycles. The number of rotatable bonds is 4. The maximum atomic E-state index is 11.8. The number of carbonyl (C=O) groups is 2. The molecule has 0 aromatic heterocycles. The molecule has 5 heteroatoms. The molecule has 0 saturated carbocycles. The molecule has 2 aromatic carbocycles. The van der Waals surface area contributed by atoms with Crippen molar-refractivity contribution in [1.29, 1.82) is 0 Å². The third-order valence-corrected chi connectivity index (χ3v) is 4.20. The van der Waals surface area contributed by atoms with Crippen molar-refractivity contribution in [3.63, 3.8) is 0 Å². The van der Waals surface area contributed by atoms with E-state index in [9.17, 15) is 14.7 Å². The highest BCUT2D eigenvalue weighted by Crippen LogP contribution is 2.44. The average Bonchev–Trinajstić information content (AvgIpc) is 2.54. The smallest absolute Gasteiger partial charge is 0.335 e. The Morgan fingerprint density at radius 3 is 2.58 bits per heavy atom. The minimum atomic E-state index is -0.995. The molecule has 0 unspecified atom stereocenters. The number of hydrogen-bond acceptors (Lipinski definition) is 4. The van der Waals surface area contributed by atoms with Gasteiger partial charge in [0.05, 0.1) is 11.1 Å². The lowest BCUT2D eigenvalue weighted by molar-refractivity contribution is 0.0696. The van der Waals surface area contributed by atoms with Crippen LogP contribution in [0.3, 0.4) is 0 Å².